The van der Waals surface area contributed by atoms with Crippen molar-refractivity contribution in [3.05, 3.63) is 109 Å². The van der Waals surface area contributed by atoms with E-state index >= 15 is 0 Å². The Bertz CT molecular complexity index is 1370. The number of nitrogens with one attached hydrogen (secondary N) is 3. The van der Waals surface area contributed by atoms with E-state index in [-0.39, 0.29) is 18.3 Å². The number of para-hydroxylation sites is 2. The average Bonchev–Trinajstić information content (AvgIpc) is 2.96. The fourth-order valence-corrected chi connectivity index (χ4v) is 3.70. The van der Waals surface area contributed by atoms with Crippen molar-refractivity contribution in [2.45, 2.75) is 6.42 Å². The fraction of sp³-hybridized carbons (Fsp3) is 0.133. The summed E-state index contributed by atoms with van der Waals surface area (Å²) in [6, 6.07) is 28.4. The van der Waals surface area contributed by atoms with Gasteiger partial charge in [-0.25, -0.2) is 14.0 Å². The van der Waals surface area contributed by atoms with Crippen LogP contribution in [0.15, 0.2) is 103 Å². The van der Waals surface area contributed by atoms with Crippen LogP contribution in [-0.2, 0) is 0 Å². The molecule has 3 N–H and O–H groups in total. The molecule has 0 fully saturated rings. The van der Waals surface area contributed by atoms with Crippen molar-refractivity contribution in [1.82, 2.24) is 5.32 Å². The van der Waals surface area contributed by atoms with Gasteiger partial charge in [-0.1, -0.05) is 30.3 Å². The van der Waals surface area contributed by atoms with Crippen LogP contribution in [0.25, 0.3) is 0 Å². The van der Waals surface area contributed by atoms with E-state index in [1.54, 1.807) is 67.8 Å². The van der Waals surface area contributed by atoms with Gasteiger partial charge in [-0.15, -0.1) is 0 Å². The molecule has 0 radical (unpaired) electrons. The molecule has 0 aliphatic rings. The van der Waals surface area contributed by atoms with Crippen molar-refractivity contribution in [2.75, 3.05) is 35.7 Å². The molecule has 0 spiro atoms. The topological polar surface area (TPSA) is 91.9 Å². The summed E-state index contributed by atoms with van der Waals surface area (Å²) in [4.78, 5) is 26.9. The van der Waals surface area contributed by atoms with Gasteiger partial charge in [0.05, 0.1) is 12.8 Å². The van der Waals surface area contributed by atoms with Gasteiger partial charge in [-0.3, -0.25) is 4.90 Å². The van der Waals surface area contributed by atoms with E-state index < -0.39 is 11.8 Å². The first-order chi connectivity index (χ1) is 19.0. The second-order valence-electron chi connectivity index (χ2n) is 8.43. The summed E-state index contributed by atoms with van der Waals surface area (Å²) in [5, 5.41) is 8.15. The number of carbonyl (C=O) groups excluding carboxylic acids is 2. The minimum Gasteiger partial charge on any atom is -0.497 e. The molecule has 0 aliphatic heterocycles. The number of rotatable bonds is 10. The fourth-order valence-electron chi connectivity index (χ4n) is 3.70. The molecular formula is C30H29FN4O4. The zero-order chi connectivity index (χ0) is 27.5. The van der Waals surface area contributed by atoms with E-state index in [0.29, 0.717) is 41.6 Å². The van der Waals surface area contributed by atoms with E-state index in [2.05, 4.69) is 16.0 Å². The SMILES string of the molecule is COc1ccc(NC(=O)NCCCN(C(=O)Nc2ccccc2F)c2ccc(Oc3ccccc3)cc2)cc1. The number of amides is 4. The Morgan fingerprint density at radius 3 is 2.10 bits per heavy atom. The number of hydrogen-bond acceptors (Lipinski definition) is 4. The molecular weight excluding hydrogens is 499 g/mol. The van der Waals surface area contributed by atoms with Crippen LogP contribution in [0.4, 0.5) is 31.0 Å². The van der Waals surface area contributed by atoms with Crippen LogP contribution in [0.1, 0.15) is 6.42 Å². The van der Waals surface area contributed by atoms with Gasteiger partial charge >= 0.3 is 12.1 Å². The lowest BCUT2D eigenvalue weighted by Gasteiger charge is -2.24. The van der Waals surface area contributed by atoms with E-state index in [9.17, 15) is 14.0 Å². The molecule has 4 rings (SSSR count). The molecule has 0 aliphatic carbocycles. The van der Waals surface area contributed by atoms with Crippen molar-refractivity contribution in [3.8, 4) is 17.2 Å². The number of hydrogen-bond donors (Lipinski definition) is 3. The first-order valence-corrected chi connectivity index (χ1v) is 12.4. The van der Waals surface area contributed by atoms with Gasteiger partial charge in [0.25, 0.3) is 0 Å². The summed E-state index contributed by atoms with van der Waals surface area (Å²) >= 11 is 0. The van der Waals surface area contributed by atoms with Gasteiger partial charge in [0.1, 0.15) is 23.1 Å². The maximum atomic E-state index is 14.2. The van der Waals surface area contributed by atoms with Gasteiger partial charge in [-0.05, 0) is 79.2 Å². The summed E-state index contributed by atoms with van der Waals surface area (Å²) in [6.07, 6.45) is 0.447. The van der Waals surface area contributed by atoms with E-state index in [1.807, 2.05) is 30.3 Å². The van der Waals surface area contributed by atoms with Gasteiger partial charge in [0, 0.05) is 24.5 Å². The van der Waals surface area contributed by atoms with Crippen molar-refractivity contribution < 1.29 is 23.5 Å². The van der Waals surface area contributed by atoms with Crippen molar-refractivity contribution in [1.29, 1.82) is 0 Å². The minimum atomic E-state index is -0.533. The molecule has 4 amide bonds. The normalized spacial score (nSPS) is 10.3. The quantitative estimate of drug-likeness (QED) is 0.196. The number of methoxy groups -OCH3 is 1. The van der Waals surface area contributed by atoms with Gasteiger partial charge in [0.15, 0.2) is 0 Å². The standard InChI is InChI=1S/C30H29FN4O4/c1-38-24-16-12-22(13-17-24)33-29(36)32-20-7-21-35(30(37)34-28-11-6-5-10-27(28)31)23-14-18-26(19-15-23)39-25-8-3-2-4-9-25/h2-6,8-19H,7,20-21H2,1H3,(H,34,37)(H2,32,33,36). The third-order valence-electron chi connectivity index (χ3n) is 5.68. The van der Waals surface area contributed by atoms with Crippen molar-refractivity contribution in [3.63, 3.8) is 0 Å². The van der Waals surface area contributed by atoms with Gasteiger partial charge < -0.3 is 25.4 Å². The van der Waals surface area contributed by atoms with Crippen LogP contribution in [0.5, 0.6) is 17.2 Å². The third-order valence-corrected chi connectivity index (χ3v) is 5.68. The zero-order valence-electron chi connectivity index (χ0n) is 21.4. The monoisotopic (exact) mass is 528 g/mol. The van der Waals surface area contributed by atoms with Crippen LogP contribution in [0.2, 0.25) is 0 Å². The Hall–Kier alpha value is -5.05. The number of carbonyl (C=O) groups is 2. The number of urea groups is 2. The summed E-state index contributed by atoms with van der Waals surface area (Å²) < 4.78 is 25.1. The second kappa shape index (κ2) is 13.5. The van der Waals surface area contributed by atoms with Gasteiger partial charge in [-0.2, -0.15) is 0 Å². The average molecular weight is 529 g/mol. The smallest absolute Gasteiger partial charge is 0.326 e. The van der Waals surface area contributed by atoms with E-state index in [0.717, 1.165) is 0 Å². The third kappa shape index (κ3) is 7.96. The largest absolute Gasteiger partial charge is 0.497 e. The van der Waals surface area contributed by atoms with Crippen LogP contribution in [0.3, 0.4) is 0 Å². The highest BCUT2D eigenvalue weighted by Crippen LogP contribution is 2.25. The molecule has 0 unspecified atom stereocenters. The highest BCUT2D eigenvalue weighted by Gasteiger charge is 2.17. The Balaban J connectivity index is 1.38. The number of benzene rings is 4. The lowest BCUT2D eigenvalue weighted by atomic mass is 10.2. The Morgan fingerprint density at radius 2 is 1.41 bits per heavy atom. The second-order valence-corrected chi connectivity index (χ2v) is 8.43. The highest BCUT2D eigenvalue weighted by molar-refractivity contribution is 6.01. The molecule has 200 valence electrons. The van der Waals surface area contributed by atoms with Gasteiger partial charge in [0.2, 0.25) is 0 Å². The Kier molecular flexibility index (Phi) is 9.33. The highest BCUT2D eigenvalue weighted by atomic mass is 19.1. The molecule has 0 saturated carbocycles. The lowest BCUT2D eigenvalue weighted by molar-refractivity contribution is 0.252. The minimum absolute atomic E-state index is 0.0773. The predicted molar refractivity (Wildman–Crippen MR) is 150 cm³/mol. The molecule has 39 heavy (non-hydrogen) atoms. The summed E-state index contributed by atoms with van der Waals surface area (Å²) in [7, 11) is 1.57. The molecule has 9 heteroatoms. The van der Waals surface area contributed by atoms with Crippen LogP contribution in [-0.4, -0.2) is 32.3 Å². The molecule has 0 atom stereocenters. The predicted octanol–water partition coefficient (Wildman–Crippen LogP) is 6.88. The van der Waals surface area contributed by atoms with Crippen LogP contribution >= 0.6 is 0 Å². The lowest BCUT2D eigenvalue weighted by Crippen LogP contribution is -2.38. The summed E-state index contributed by atoms with van der Waals surface area (Å²) in [5.41, 5.74) is 1.29. The number of ether oxygens (including phenoxy) is 2. The van der Waals surface area contributed by atoms with Crippen LogP contribution in [0, 0.1) is 5.82 Å². The maximum absolute atomic E-state index is 14.2. The first kappa shape index (κ1) is 27.0. The molecule has 0 saturated heterocycles. The Morgan fingerprint density at radius 1 is 0.769 bits per heavy atom. The molecule has 0 heterocycles. The van der Waals surface area contributed by atoms with E-state index in [4.69, 9.17) is 9.47 Å². The Labute approximate surface area is 226 Å². The van der Waals surface area contributed by atoms with E-state index in [1.165, 1.54) is 17.0 Å². The van der Waals surface area contributed by atoms with Crippen molar-refractivity contribution in [2.24, 2.45) is 0 Å². The number of anilines is 3. The first-order valence-electron chi connectivity index (χ1n) is 12.4. The summed E-state index contributed by atoms with van der Waals surface area (Å²) in [5.74, 6) is 1.46. The van der Waals surface area contributed by atoms with Crippen LogP contribution < -0.4 is 30.3 Å². The molecule has 4 aromatic carbocycles. The maximum Gasteiger partial charge on any atom is 0.326 e. The number of halogens is 1. The number of nitrogens with zero attached hydrogens (tertiary/aromatic N) is 1. The molecule has 0 aromatic heterocycles. The molecule has 8 nitrogen and oxygen atoms in total. The molecule has 4 aromatic rings. The molecule has 0 bridgehead atoms. The summed E-state index contributed by atoms with van der Waals surface area (Å²) in [6.45, 7) is 0.572. The van der Waals surface area contributed by atoms with Crippen molar-refractivity contribution >= 4 is 29.1 Å². The zero-order valence-corrected chi connectivity index (χ0v) is 21.4.